The van der Waals surface area contributed by atoms with E-state index >= 15 is 0 Å². The number of para-hydroxylation sites is 1. The molecule has 2 heterocycles. The van der Waals surface area contributed by atoms with E-state index in [9.17, 15) is 19.1 Å². The molecule has 3 aromatic carbocycles. The lowest BCUT2D eigenvalue weighted by Crippen LogP contribution is -2.29. The van der Waals surface area contributed by atoms with Gasteiger partial charge >= 0.3 is 5.91 Å². The van der Waals surface area contributed by atoms with Gasteiger partial charge in [-0.3, -0.25) is 14.5 Å². The molecule has 158 valence electrons. The SMILES string of the molecule is O=C1C(=O)N(c2nc3ccccc3s2)C(c2cccc(F)c2)/C1=C(/O)c1ccc(Cl)cc1. The van der Waals surface area contributed by atoms with Crippen molar-refractivity contribution in [3.63, 3.8) is 0 Å². The van der Waals surface area contributed by atoms with Crippen molar-refractivity contribution in [1.82, 2.24) is 4.98 Å². The number of hydrogen-bond donors (Lipinski definition) is 1. The van der Waals surface area contributed by atoms with Crippen molar-refractivity contribution in [2.24, 2.45) is 0 Å². The summed E-state index contributed by atoms with van der Waals surface area (Å²) in [4.78, 5) is 32.0. The van der Waals surface area contributed by atoms with Crippen LogP contribution in [0.2, 0.25) is 5.02 Å². The molecule has 0 aliphatic carbocycles. The third-order valence-corrected chi connectivity index (χ3v) is 6.50. The number of nitrogens with zero attached hydrogens (tertiary/aromatic N) is 2. The van der Waals surface area contributed by atoms with Crippen molar-refractivity contribution < 1.29 is 19.1 Å². The summed E-state index contributed by atoms with van der Waals surface area (Å²) >= 11 is 7.18. The zero-order valence-corrected chi connectivity index (χ0v) is 17.9. The largest absolute Gasteiger partial charge is 0.507 e. The molecule has 0 bridgehead atoms. The number of rotatable bonds is 3. The Morgan fingerprint density at radius 1 is 1.03 bits per heavy atom. The summed E-state index contributed by atoms with van der Waals surface area (Å²) in [6.07, 6.45) is 0. The van der Waals surface area contributed by atoms with E-state index in [2.05, 4.69) is 4.98 Å². The first kappa shape index (κ1) is 20.4. The lowest BCUT2D eigenvalue weighted by molar-refractivity contribution is -0.132. The van der Waals surface area contributed by atoms with Gasteiger partial charge in [-0.1, -0.05) is 47.2 Å². The van der Waals surface area contributed by atoms with Gasteiger partial charge in [0.15, 0.2) is 5.13 Å². The van der Waals surface area contributed by atoms with Crippen molar-refractivity contribution in [3.8, 4) is 0 Å². The van der Waals surface area contributed by atoms with Gasteiger partial charge in [-0.2, -0.15) is 0 Å². The fourth-order valence-corrected chi connectivity index (χ4v) is 4.87. The highest BCUT2D eigenvalue weighted by Gasteiger charge is 2.48. The van der Waals surface area contributed by atoms with Crippen LogP contribution in [0.4, 0.5) is 9.52 Å². The van der Waals surface area contributed by atoms with E-state index < -0.39 is 23.5 Å². The van der Waals surface area contributed by atoms with Gasteiger partial charge in [0.05, 0.1) is 21.8 Å². The van der Waals surface area contributed by atoms with Crippen molar-refractivity contribution in [2.75, 3.05) is 4.90 Å². The number of Topliss-reactive ketones (excluding diaryl/α,β-unsaturated/α-hetero) is 1. The van der Waals surface area contributed by atoms with E-state index in [4.69, 9.17) is 11.6 Å². The number of thiazole rings is 1. The Morgan fingerprint density at radius 2 is 1.78 bits per heavy atom. The van der Waals surface area contributed by atoms with Gasteiger partial charge in [0.1, 0.15) is 11.6 Å². The van der Waals surface area contributed by atoms with Crippen LogP contribution in [0.5, 0.6) is 0 Å². The van der Waals surface area contributed by atoms with Crippen LogP contribution in [0.1, 0.15) is 17.2 Å². The zero-order chi connectivity index (χ0) is 22.4. The number of aromatic nitrogens is 1. The average molecular weight is 465 g/mol. The molecule has 0 spiro atoms. The van der Waals surface area contributed by atoms with Gasteiger partial charge in [-0.05, 0) is 54.1 Å². The predicted molar refractivity (Wildman–Crippen MR) is 122 cm³/mol. The Labute approximate surface area is 191 Å². The number of aliphatic hydroxyl groups excluding tert-OH is 1. The van der Waals surface area contributed by atoms with Crippen molar-refractivity contribution in [3.05, 3.63) is 100 Å². The Morgan fingerprint density at radius 3 is 2.50 bits per heavy atom. The molecule has 1 aliphatic heterocycles. The number of benzene rings is 3. The number of halogens is 2. The van der Waals surface area contributed by atoms with E-state index in [0.29, 0.717) is 21.7 Å². The van der Waals surface area contributed by atoms with E-state index in [1.807, 2.05) is 18.2 Å². The Hall–Kier alpha value is -3.55. The number of aliphatic hydroxyl groups is 1. The molecule has 1 N–H and O–H groups in total. The van der Waals surface area contributed by atoms with Gasteiger partial charge in [-0.25, -0.2) is 9.37 Å². The third kappa shape index (κ3) is 3.36. The monoisotopic (exact) mass is 464 g/mol. The Kier molecular flexibility index (Phi) is 5.00. The van der Waals surface area contributed by atoms with Gasteiger partial charge in [-0.15, -0.1) is 0 Å². The average Bonchev–Trinajstić information content (AvgIpc) is 3.32. The van der Waals surface area contributed by atoms with Crippen LogP contribution in [0.25, 0.3) is 16.0 Å². The van der Waals surface area contributed by atoms with E-state index in [1.165, 1.54) is 34.4 Å². The van der Waals surface area contributed by atoms with Crippen LogP contribution in [-0.4, -0.2) is 21.8 Å². The number of carbonyl (C=O) groups is 2. The molecule has 1 unspecified atom stereocenters. The Bertz CT molecular complexity index is 1380. The second-order valence-electron chi connectivity index (χ2n) is 7.20. The topological polar surface area (TPSA) is 70.5 Å². The fraction of sp³-hybridized carbons (Fsp3) is 0.0417. The second-order valence-corrected chi connectivity index (χ2v) is 8.64. The van der Waals surface area contributed by atoms with Crippen LogP contribution < -0.4 is 4.90 Å². The molecular formula is C24H14ClFN2O3S. The quantitative estimate of drug-likeness (QED) is 0.239. The molecule has 32 heavy (non-hydrogen) atoms. The summed E-state index contributed by atoms with van der Waals surface area (Å²) in [5, 5.41) is 11.8. The van der Waals surface area contributed by atoms with Crippen LogP contribution in [0.3, 0.4) is 0 Å². The van der Waals surface area contributed by atoms with E-state index in [-0.39, 0.29) is 16.5 Å². The summed E-state index contributed by atoms with van der Waals surface area (Å²) in [7, 11) is 0. The maximum absolute atomic E-state index is 14.1. The summed E-state index contributed by atoms with van der Waals surface area (Å²) in [5.74, 6) is -2.60. The molecule has 0 saturated carbocycles. The number of hydrogen-bond acceptors (Lipinski definition) is 5. The highest BCUT2D eigenvalue weighted by atomic mass is 35.5. The van der Waals surface area contributed by atoms with Crippen molar-refractivity contribution >= 4 is 55.7 Å². The molecule has 4 aromatic rings. The molecule has 1 amide bonds. The molecule has 5 rings (SSSR count). The second kappa shape index (κ2) is 7.85. The maximum atomic E-state index is 14.1. The summed E-state index contributed by atoms with van der Waals surface area (Å²) in [6.45, 7) is 0. The molecule has 1 saturated heterocycles. The minimum absolute atomic E-state index is 0.137. The molecule has 1 fully saturated rings. The lowest BCUT2D eigenvalue weighted by Gasteiger charge is -2.23. The number of carbonyl (C=O) groups excluding carboxylic acids is 2. The molecule has 1 atom stereocenters. The number of fused-ring (bicyclic) bond motifs is 1. The minimum atomic E-state index is -1.04. The normalized spacial score (nSPS) is 17.9. The summed E-state index contributed by atoms with van der Waals surface area (Å²) in [6, 6.07) is 18.1. The number of ketones is 1. The lowest BCUT2D eigenvalue weighted by atomic mass is 9.95. The van der Waals surface area contributed by atoms with E-state index in [1.54, 1.807) is 36.4 Å². The summed E-state index contributed by atoms with van der Waals surface area (Å²) in [5.41, 5.74) is 1.20. The van der Waals surface area contributed by atoms with Crippen LogP contribution >= 0.6 is 22.9 Å². The smallest absolute Gasteiger partial charge is 0.301 e. The van der Waals surface area contributed by atoms with Gasteiger partial charge in [0.2, 0.25) is 0 Å². The highest BCUT2D eigenvalue weighted by molar-refractivity contribution is 7.22. The van der Waals surface area contributed by atoms with Crippen molar-refractivity contribution in [2.45, 2.75) is 6.04 Å². The molecule has 1 aliphatic rings. The maximum Gasteiger partial charge on any atom is 0.301 e. The van der Waals surface area contributed by atoms with Gasteiger partial charge < -0.3 is 5.11 Å². The first-order valence-electron chi connectivity index (χ1n) is 9.62. The highest BCUT2D eigenvalue weighted by Crippen LogP contribution is 2.44. The third-order valence-electron chi connectivity index (χ3n) is 5.22. The van der Waals surface area contributed by atoms with E-state index in [0.717, 1.165) is 4.70 Å². The fourth-order valence-electron chi connectivity index (χ4n) is 3.75. The number of anilines is 1. The standard InChI is InChI=1S/C24H14ClFN2O3S/c25-15-10-8-13(9-11-15)21(29)19-20(14-4-3-5-16(26)12-14)28(23(31)22(19)30)24-27-17-6-1-2-7-18(17)32-24/h1-12,20,29H/b21-19-. The van der Waals surface area contributed by atoms with Crippen LogP contribution in [-0.2, 0) is 9.59 Å². The van der Waals surface area contributed by atoms with Gasteiger partial charge in [0, 0.05) is 10.6 Å². The predicted octanol–water partition coefficient (Wildman–Crippen LogP) is 5.72. The number of amides is 1. The first-order valence-corrected chi connectivity index (χ1v) is 10.8. The van der Waals surface area contributed by atoms with Gasteiger partial charge in [0.25, 0.3) is 5.78 Å². The first-order chi connectivity index (χ1) is 15.4. The molecule has 1 aromatic heterocycles. The molecular weight excluding hydrogens is 451 g/mol. The summed E-state index contributed by atoms with van der Waals surface area (Å²) < 4.78 is 14.9. The molecule has 5 nitrogen and oxygen atoms in total. The Balaban J connectivity index is 1.74. The minimum Gasteiger partial charge on any atom is -0.507 e. The zero-order valence-electron chi connectivity index (χ0n) is 16.3. The van der Waals surface area contributed by atoms with Crippen LogP contribution in [0, 0.1) is 5.82 Å². The van der Waals surface area contributed by atoms with Crippen molar-refractivity contribution in [1.29, 1.82) is 0 Å². The molecule has 8 heteroatoms. The van der Waals surface area contributed by atoms with Crippen LogP contribution in [0.15, 0.2) is 78.4 Å². The molecule has 0 radical (unpaired) electrons.